The molecule has 0 amide bonds. The van der Waals surface area contributed by atoms with Crippen molar-refractivity contribution in [2.24, 2.45) is 0 Å². The van der Waals surface area contributed by atoms with Crippen molar-refractivity contribution in [3.63, 3.8) is 0 Å². The number of Topliss-reactive ketones (excluding diaryl/α,β-unsaturated/α-hetero) is 1. The van der Waals surface area contributed by atoms with Gasteiger partial charge in [0.25, 0.3) is 0 Å². The predicted octanol–water partition coefficient (Wildman–Crippen LogP) is 3.47. The minimum atomic E-state index is -0.209. The van der Waals surface area contributed by atoms with Crippen molar-refractivity contribution in [1.29, 1.82) is 0 Å². The van der Waals surface area contributed by atoms with E-state index in [0.717, 1.165) is 18.0 Å². The molecule has 0 radical (unpaired) electrons. The number of ether oxygens (including phenoxy) is 1. The van der Waals surface area contributed by atoms with Crippen LogP contribution in [0.1, 0.15) is 37.4 Å². The Morgan fingerprint density at radius 3 is 2.79 bits per heavy atom. The van der Waals surface area contributed by atoms with Crippen molar-refractivity contribution in [3.8, 4) is 0 Å². The number of carbonyl (C=O) groups is 1. The van der Waals surface area contributed by atoms with Gasteiger partial charge in [-0.25, -0.2) is 0 Å². The molecular weight excluding hydrogens is 282 g/mol. The average Bonchev–Trinajstić information content (AvgIpc) is 2.71. The summed E-state index contributed by atoms with van der Waals surface area (Å²) in [6, 6.07) is 3.44. The highest BCUT2D eigenvalue weighted by molar-refractivity contribution is 7.18. The monoisotopic (exact) mass is 301 g/mol. The maximum absolute atomic E-state index is 12.4. The summed E-state index contributed by atoms with van der Waals surface area (Å²) >= 11 is 7.24. The number of rotatable bonds is 3. The Kier molecular flexibility index (Phi) is 4.35. The Labute approximate surface area is 123 Å². The first-order chi connectivity index (χ1) is 8.78. The molecule has 106 valence electrons. The maximum atomic E-state index is 12.4. The van der Waals surface area contributed by atoms with Crippen LogP contribution < -0.4 is 0 Å². The van der Waals surface area contributed by atoms with Gasteiger partial charge in [0, 0.05) is 13.1 Å². The van der Waals surface area contributed by atoms with Gasteiger partial charge in [0.15, 0.2) is 5.78 Å². The zero-order valence-corrected chi connectivity index (χ0v) is 13.3. The minimum absolute atomic E-state index is 0.139. The molecule has 0 saturated carbocycles. The molecule has 1 saturated heterocycles. The van der Waals surface area contributed by atoms with E-state index in [1.165, 1.54) is 11.3 Å². The van der Waals surface area contributed by atoms with E-state index in [-0.39, 0.29) is 23.5 Å². The summed E-state index contributed by atoms with van der Waals surface area (Å²) in [5, 5.41) is 0. The lowest BCUT2D eigenvalue weighted by atomic mass is 10.0. The van der Waals surface area contributed by atoms with E-state index in [2.05, 4.69) is 18.7 Å². The zero-order chi connectivity index (χ0) is 14.2. The second-order valence-corrected chi connectivity index (χ2v) is 7.48. The maximum Gasteiger partial charge on any atom is 0.189 e. The molecule has 3 nitrogen and oxygen atoms in total. The minimum Gasteiger partial charge on any atom is -0.370 e. The van der Waals surface area contributed by atoms with Gasteiger partial charge in [0.2, 0.25) is 0 Å². The van der Waals surface area contributed by atoms with E-state index in [9.17, 15) is 4.79 Å². The molecule has 2 unspecified atom stereocenters. The standard InChI is InChI=1S/C14H20ClNO2S/c1-9-7-16(8-14(3,4)18-9)10(2)13(17)11-5-6-12(15)19-11/h5-6,9-10H,7-8H2,1-4H3. The molecule has 0 spiro atoms. The van der Waals surface area contributed by atoms with Crippen LogP contribution >= 0.6 is 22.9 Å². The molecule has 0 bridgehead atoms. The third-order valence-corrected chi connectivity index (χ3v) is 4.58. The van der Waals surface area contributed by atoms with Gasteiger partial charge in [0.1, 0.15) is 0 Å². The van der Waals surface area contributed by atoms with Crippen molar-refractivity contribution < 1.29 is 9.53 Å². The lowest BCUT2D eigenvalue weighted by Crippen LogP contribution is -2.56. The first kappa shape index (κ1) is 15.0. The molecule has 5 heteroatoms. The summed E-state index contributed by atoms with van der Waals surface area (Å²) in [6.45, 7) is 9.69. The van der Waals surface area contributed by atoms with Crippen LogP contribution in [-0.4, -0.2) is 41.5 Å². The molecule has 0 aliphatic carbocycles. The van der Waals surface area contributed by atoms with E-state index in [4.69, 9.17) is 16.3 Å². The van der Waals surface area contributed by atoms with Crippen molar-refractivity contribution in [2.75, 3.05) is 13.1 Å². The van der Waals surface area contributed by atoms with Crippen LogP contribution in [0.25, 0.3) is 0 Å². The number of hydrogen-bond donors (Lipinski definition) is 0. The first-order valence-electron chi connectivity index (χ1n) is 6.50. The smallest absolute Gasteiger partial charge is 0.189 e. The largest absolute Gasteiger partial charge is 0.370 e. The number of carbonyl (C=O) groups excluding carboxylic acids is 1. The molecule has 2 heterocycles. The molecule has 2 rings (SSSR count). The van der Waals surface area contributed by atoms with Crippen LogP contribution in [-0.2, 0) is 4.74 Å². The van der Waals surface area contributed by atoms with Crippen LogP contribution in [0, 0.1) is 0 Å². The van der Waals surface area contributed by atoms with Crippen molar-refractivity contribution >= 4 is 28.7 Å². The van der Waals surface area contributed by atoms with Crippen molar-refractivity contribution in [1.82, 2.24) is 4.90 Å². The molecule has 1 aliphatic rings. The van der Waals surface area contributed by atoms with Gasteiger partial charge in [-0.2, -0.15) is 0 Å². The lowest BCUT2D eigenvalue weighted by Gasteiger charge is -2.43. The third kappa shape index (κ3) is 3.57. The third-order valence-electron chi connectivity index (χ3n) is 3.34. The van der Waals surface area contributed by atoms with Gasteiger partial charge in [0.05, 0.1) is 27.0 Å². The second kappa shape index (κ2) is 5.52. The molecule has 1 aromatic heterocycles. The van der Waals surface area contributed by atoms with Gasteiger partial charge >= 0.3 is 0 Å². The molecule has 2 atom stereocenters. The highest BCUT2D eigenvalue weighted by Crippen LogP contribution is 2.26. The fraction of sp³-hybridized carbons (Fsp3) is 0.643. The fourth-order valence-electron chi connectivity index (χ4n) is 2.62. The van der Waals surface area contributed by atoms with Gasteiger partial charge in [-0.05, 0) is 39.8 Å². The van der Waals surface area contributed by atoms with Crippen molar-refractivity contribution in [3.05, 3.63) is 21.3 Å². The Balaban J connectivity index is 2.10. The number of thiophene rings is 1. The van der Waals surface area contributed by atoms with Gasteiger partial charge in [-0.15, -0.1) is 11.3 Å². The lowest BCUT2D eigenvalue weighted by molar-refractivity contribution is -0.133. The average molecular weight is 302 g/mol. The Hall–Kier alpha value is -0.420. The van der Waals surface area contributed by atoms with Crippen LogP contribution in [0.2, 0.25) is 4.34 Å². The Morgan fingerprint density at radius 2 is 2.26 bits per heavy atom. The molecule has 0 aromatic carbocycles. The number of ketones is 1. The van der Waals surface area contributed by atoms with E-state index in [1.807, 2.05) is 13.8 Å². The number of nitrogens with zero attached hydrogens (tertiary/aromatic N) is 1. The van der Waals surface area contributed by atoms with Gasteiger partial charge in [-0.1, -0.05) is 11.6 Å². The predicted molar refractivity (Wildman–Crippen MR) is 79.3 cm³/mol. The normalized spacial score (nSPS) is 25.2. The van der Waals surface area contributed by atoms with E-state index >= 15 is 0 Å². The van der Waals surface area contributed by atoms with Crippen LogP contribution in [0.15, 0.2) is 12.1 Å². The summed E-state index contributed by atoms with van der Waals surface area (Å²) in [5.41, 5.74) is -0.209. The number of halogens is 1. The van der Waals surface area contributed by atoms with Gasteiger partial charge < -0.3 is 4.74 Å². The topological polar surface area (TPSA) is 29.5 Å². The summed E-state index contributed by atoms with van der Waals surface area (Å²) in [7, 11) is 0. The molecule has 19 heavy (non-hydrogen) atoms. The number of morpholine rings is 1. The van der Waals surface area contributed by atoms with Crippen molar-refractivity contribution in [2.45, 2.75) is 45.4 Å². The summed E-state index contributed by atoms with van der Waals surface area (Å²) in [4.78, 5) is 15.4. The van der Waals surface area contributed by atoms with E-state index < -0.39 is 0 Å². The molecule has 1 aliphatic heterocycles. The fourth-order valence-corrected chi connectivity index (χ4v) is 3.68. The summed E-state index contributed by atoms with van der Waals surface area (Å²) < 4.78 is 6.53. The SMILES string of the molecule is CC1CN(C(C)C(=O)c2ccc(Cl)s2)CC(C)(C)O1. The van der Waals surface area contributed by atoms with Crippen LogP contribution in [0.4, 0.5) is 0 Å². The summed E-state index contributed by atoms with van der Waals surface area (Å²) in [5.74, 6) is 0.141. The van der Waals surface area contributed by atoms with Gasteiger partial charge in [-0.3, -0.25) is 9.69 Å². The van der Waals surface area contributed by atoms with E-state index in [0.29, 0.717) is 4.34 Å². The molecule has 0 N–H and O–H groups in total. The molecule has 1 fully saturated rings. The molecular formula is C14H20ClNO2S. The summed E-state index contributed by atoms with van der Waals surface area (Å²) in [6.07, 6.45) is 0.144. The van der Waals surface area contributed by atoms with E-state index in [1.54, 1.807) is 12.1 Å². The molecule has 1 aromatic rings. The highest BCUT2D eigenvalue weighted by atomic mass is 35.5. The highest BCUT2D eigenvalue weighted by Gasteiger charge is 2.35. The quantitative estimate of drug-likeness (QED) is 0.801. The van der Waals surface area contributed by atoms with Crippen LogP contribution in [0.3, 0.4) is 0 Å². The number of hydrogen-bond acceptors (Lipinski definition) is 4. The Morgan fingerprint density at radius 1 is 1.58 bits per heavy atom. The van der Waals surface area contributed by atoms with Crippen LogP contribution in [0.5, 0.6) is 0 Å². The zero-order valence-electron chi connectivity index (χ0n) is 11.8. The Bertz CT molecular complexity index is 472. The second-order valence-electron chi connectivity index (χ2n) is 5.76. The first-order valence-corrected chi connectivity index (χ1v) is 7.69.